The lowest BCUT2D eigenvalue weighted by Gasteiger charge is -2.34. The summed E-state index contributed by atoms with van der Waals surface area (Å²) >= 11 is 0. The molecule has 1 unspecified atom stereocenters. The minimum atomic E-state index is -4.45. The summed E-state index contributed by atoms with van der Waals surface area (Å²) in [5.74, 6) is 0.731. The first kappa shape index (κ1) is 16.8. The number of fused-ring (bicyclic) bond motifs is 2. The summed E-state index contributed by atoms with van der Waals surface area (Å²) in [5, 5.41) is 4.46. The first-order valence-corrected chi connectivity index (χ1v) is 8.77. The monoisotopic (exact) mass is 384 g/mol. The van der Waals surface area contributed by atoms with Crippen molar-refractivity contribution >= 4 is 11.3 Å². The smallest absolute Gasteiger partial charge is 0.348 e. The Morgan fingerprint density at radius 1 is 1.11 bits per heavy atom. The lowest BCUT2D eigenvalue weighted by atomic mass is 9.99. The van der Waals surface area contributed by atoms with Gasteiger partial charge < -0.3 is 9.88 Å². The van der Waals surface area contributed by atoms with Crippen LogP contribution >= 0.6 is 0 Å². The molecule has 1 atom stereocenters. The zero-order chi connectivity index (χ0) is 19.3. The van der Waals surface area contributed by atoms with Crippen LogP contribution in [-0.2, 0) is 12.6 Å². The van der Waals surface area contributed by atoms with E-state index in [0.717, 1.165) is 29.7 Å². The molecule has 9 heteroatoms. The van der Waals surface area contributed by atoms with Crippen LogP contribution in [0.3, 0.4) is 0 Å². The van der Waals surface area contributed by atoms with Gasteiger partial charge in [-0.15, -0.1) is 0 Å². The number of hydrogen-bond donors (Lipinski definition) is 1. The number of halogens is 3. The predicted octanol–water partition coefficient (Wildman–Crippen LogP) is 3.62. The van der Waals surface area contributed by atoms with E-state index in [0.29, 0.717) is 12.2 Å². The van der Waals surface area contributed by atoms with Gasteiger partial charge in [0.1, 0.15) is 11.9 Å². The van der Waals surface area contributed by atoms with Gasteiger partial charge in [-0.25, -0.2) is 14.5 Å². The van der Waals surface area contributed by atoms with E-state index in [-0.39, 0.29) is 5.52 Å². The van der Waals surface area contributed by atoms with Crippen molar-refractivity contribution in [1.29, 1.82) is 0 Å². The van der Waals surface area contributed by atoms with Crippen molar-refractivity contribution in [3.8, 4) is 0 Å². The van der Waals surface area contributed by atoms with Gasteiger partial charge in [-0.3, -0.25) is 0 Å². The molecule has 28 heavy (non-hydrogen) atoms. The first-order chi connectivity index (χ1) is 13.5. The van der Waals surface area contributed by atoms with Gasteiger partial charge in [-0.1, -0.05) is 6.07 Å². The number of imidazole rings is 1. The summed E-state index contributed by atoms with van der Waals surface area (Å²) in [5.41, 5.74) is 1.53. The SMILES string of the molecule is FC(F)(F)c1cccn2nc(C3c4nc[nH]c4CCN3c3ccccn3)cc12. The summed E-state index contributed by atoms with van der Waals surface area (Å²) in [6.45, 7) is 0.650. The van der Waals surface area contributed by atoms with Gasteiger partial charge in [-0.05, 0) is 30.3 Å². The van der Waals surface area contributed by atoms with E-state index in [1.807, 2.05) is 23.1 Å². The number of pyridine rings is 2. The maximum absolute atomic E-state index is 13.4. The van der Waals surface area contributed by atoms with Gasteiger partial charge in [-0.2, -0.15) is 18.3 Å². The largest absolute Gasteiger partial charge is 0.418 e. The van der Waals surface area contributed by atoms with Gasteiger partial charge in [0.15, 0.2) is 0 Å². The number of anilines is 1. The molecule has 0 fully saturated rings. The van der Waals surface area contributed by atoms with E-state index < -0.39 is 17.8 Å². The van der Waals surface area contributed by atoms with Crippen molar-refractivity contribution in [1.82, 2.24) is 24.6 Å². The third-order valence-electron chi connectivity index (χ3n) is 4.97. The van der Waals surface area contributed by atoms with Crippen LogP contribution in [0.25, 0.3) is 5.52 Å². The van der Waals surface area contributed by atoms with Crippen molar-refractivity contribution in [2.75, 3.05) is 11.4 Å². The summed E-state index contributed by atoms with van der Waals surface area (Å²) in [6.07, 6.45) is 1.11. The number of aromatic amines is 1. The number of nitrogens with zero attached hydrogens (tertiary/aromatic N) is 5. The number of H-pyrrole nitrogens is 1. The van der Waals surface area contributed by atoms with Crippen LogP contribution in [0.2, 0.25) is 0 Å². The van der Waals surface area contributed by atoms with Gasteiger partial charge in [0.2, 0.25) is 0 Å². The molecule has 6 nitrogen and oxygen atoms in total. The molecule has 0 bridgehead atoms. The Kier molecular flexibility index (Phi) is 3.65. The van der Waals surface area contributed by atoms with Crippen LogP contribution in [0, 0.1) is 0 Å². The maximum atomic E-state index is 13.4. The average molecular weight is 384 g/mol. The fourth-order valence-corrected chi connectivity index (χ4v) is 3.75. The van der Waals surface area contributed by atoms with Crippen molar-refractivity contribution in [3.05, 3.63) is 77.8 Å². The van der Waals surface area contributed by atoms with Gasteiger partial charge in [0.05, 0.1) is 28.8 Å². The van der Waals surface area contributed by atoms with E-state index >= 15 is 0 Å². The van der Waals surface area contributed by atoms with Crippen LogP contribution < -0.4 is 4.90 Å². The molecule has 0 aliphatic carbocycles. The van der Waals surface area contributed by atoms with E-state index in [1.54, 1.807) is 12.5 Å². The summed E-state index contributed by atoms with van der Waals surface area (Å²) in [4.78, 5) is 14.0. The number of rotatable bonds is 2. The third kappa shape index (κ3) is 2.62. The quantitative estimate of drug-likeness (QED) is 0.573. The molecular formula is C19H15F3N6. The Labute approximate surface area is 157 Å². The number of alkyl halides is 3. The molecule has 0 radical (unpaired) electrons. The molecule has 142 valence electrons. The Morgan fingerprint density at radius 2 is 2.00 bits per heavy atom. The van der Waals surface area contributed by atoms with E-state index in [9.17, 15) is 13.2 Å². The van der Waals surface area contributed by atoms with Gasteiger partial charge in [0.25, 0.3) is 0 Å². The molecule has 0 amide bonds. The lowest BCUT2D eigenvalue weighted by Crippen LogP contribution is -2.37. The topological polar surface area (TPSA) is 62.1 Å². The lowest BCUT2D eigenvalue weighted by molar-refractivity contribution is -0.136. The summed E-state index contributed by atoms with van der Waals surface area (Å²) < 4.78 is 41.5. The normalized spacial score (nSPS) is 17.1. The van der Waals surface area contributed by atoms with Crippen molar-refractivity contribution in [2.45, 2.75) is 18.6 Å². The molecule has 0 spiro atoms. The molecular weight excluding hydrogens is 369 g/mol. The second-order valence-corrected chi connectivity index (χ2v) is 6.62. The molecule has 1 aliphatic rings. The Balaban J connectivity index is 1.69. The Hall–Kier alpha value is -3.36. The standard InChI is InChI=1S/C19H15F3N6/c20-19(21,22)12-4-3-8-28-15(12)10-14(26-28)18-17-13(24-11-25-17)6-9-27(18)16-5-1-2-7-23-16/h1-5,7-8,10-11,18H,6,9H2,(H,24,25). The minimum Gasteiger partial charge on any atom is -0.348 e. The van der Waals surface area contributed by atoms with Crippen LogP contribution in [0.5, 0.6) is 0 Å². The Bertz CT molecular complexity index is 1130. The minimum absolute atomic E-state index is 0.0219. The van der Waals surface area contributed by atoms with Gasteiger partial charge in [0, 0.05) is 31.1 Å². The second-order valence-electron chi connectivity index (χ2n) is 6.62. The number of aromatic nitrogens is 5. The summed E-state index contributed by atoms with van der Waals surface area (Å²) in [7, 11) is 0. The van der Waals surface area contributed by atoms with Gasteiger partial charge >= 0.3 is 6.18 Å². The van der Waals surface area contributed by atoms with Crippen LogP contribution in [0.4, 0.5) is 19.0 Å². The molecule has 0 saturated heterocycles. The van der Waals surface area contributed by atoms with E-state index in [2.05, 4.69) is 20.1 Å². The van der Waals surface area contributed by atoms with Crippen LogP contribution in [0.15, 0.2) is 55.1 Å². The van der Waals surface area contributed by atoms with E-state index in [1.165, 1.54) is 22.8 Å². The fraction of sp³-hybridized carbons (Fsp3) is 0.211. The molecule has 5 heterocycles. The molecule has 1 aliphatic heterocycles. The molecule has 0 saturated carbocycles. The third-order valence-corrected chi connectivity index (χ3v) is 4.97. The van der Waals surface area contributed by atoms with Crippen LogP contribution in [-0.4, -0.2) is 31.1 Å². The van der Waals surface area contributed by atoms with Crippen LogP contribution in [0.1, 0.15) is 28.7 Å². The molecule has 4 aromatic heterocycles. The average Bonchev–Trinajstić information content (AvgIpc) is 3.33. The van der Waals surface area contributed by atoms with Crippen molar-refractivity contribution < 1.29 is 13.2 Å². The zero-order valence-electron chi connectivity index (χ0n) is 14.6. The first-order valence-electron chi connectivity index (χ1n) is 8.77. The van der Waals surface area contributed by atoms with Crippen molar-refractivity contribution in [2.24, 2.45) is 0 Å². The predicted molar refractivity (Wildman–Crippen MR) is 95.9 cm³/mol. The highest BCUT2D eigenvalue weighted by atomic mass is 19.4. The fourth-order valence-electron chi connectivity index (χ4n) is 3.75. The summed E-state index contributed by atoms with van der Waals surface area (Å²) in [6, 6.07) is 9.07. The second kappa shape index (κ2) is 6.08. The molecule has 4 aromatic rings. The van der Waals surface area contributed by atoms with E-state index in [4.69, 9.17) is 0 Å². The highest BCUT2D eigenvalue weighted by molar-refractivity contribution is 5.59. The van der Waals surface area contributed by atoms with Crippen molar-refractivity contribution in [3.63, 3.8) is 0 Å². The molecule has 0 aromatic carbocycles. The number of nitrogens with one attached hydrogen (secondary N) is 1. The Morgan fingerprint density at radius 3 is 2.79 bits per heavy atom. The number of hydrogen-bond acceptors (Lipinski definition) is 4. The highest BCUT2D eigenvalue weighted by Crippen LogP contribution is 2.38. The highest BCUT2D eigenvalue weighted by Gasteiger charge is 2.36. The maximum Gasteiger partial charge on any atom is 0.418 e. The zero-order valence-corrected chi connectivity index (χ0v) is 14.6. The molecule has 1 N–H and O–H groups in total. The molecule has 5 rings (SSSR count).